The molecule has 0 atom stereocenters. The maximum Gasteiger partial charge on any atom is 0.251 e. The summed E-state index contributed by atoms with van der Waals surface area (Å²) in [4.78, 5) is 20.3. The Balaban J connectivity index is 2.16. The van der Waals surface area contributed by atoms with Crippen molar-refractivity contribution in [3.8, 4) is 6.07 Å². The van der Waals surface area contributed by atoms with Crippen LogP contribution in [0.25, 0.3) is 11.0 Å². The molecule has 1 aromatic carbocycles. The van der Waals surface area contributed by atoms with E-state index < -0.39 is 5.41 Å². The molecule has 0 aliphatic heterocycles. The third-order valence-electron chi connectivity index (χ3n) is 2.73. The number of carbonyl (C=O) groups is 1. The van der Waals surface area contributed by atoms with Crippen molar-refractivity contribution in [2.75, 3.05) is 6.54 Å². The Kier molecular flexibility index (Phi) is 3.43. The molecule has 96 valence electrons. The molecule has 0 aliphatic carbocycles. The Bertz CT molecular complexity index is 658. The molecule has 0 saturated carbocycles. The fraction of sp³-hybridized carbons (Fsp3) is 0.286. The molecule has 1 aromatic heterocycles. The highest BCUT2D eigenvalue weighted by Gasteiger charge is 2.18. The van der Waals surface area contributed by atoms with Crippen LogP contribution in [0.4, 0.5) is 0 Å². The van der Waals surface area contributed by atoms with Crippen LogP contribution in [0.2, 0.25) is 0 Å². The number of benzene rings is 1. The van der Waals surface area contributed by atoms with Gasteiger partial charge in [0.25, 0.3) is 5.91 Å². The summed E-state index contributed by atoms with van der Waals surface area (Å²) in [6.07, 6.45) is 3.19. The molecule has 5 nitrogen and oxygen atoms in total. The van der Waals surface area contributed by atoms with Gasteiger partial charge in [-0.1, -0.05) is 0 Å². The second-order valence-electron chi connectivity index (χ2n) is 4.94. The monoisotopic (exact) mass is 254 g/mol. The number of rotatable bonds is 3. The SMILES string of the molecule is CC(C)(C#N)CNC(=O)c1ccc2nccnc2c1. The van der Waals surface area contributed by atoms with Gasteiger partial charge in [-0.3, -0.25) is 14.8 Å². The van der Waals surface area contributed by atoms with Gasteiger partial charge in [-0.25, -0.2) is 0 Å². The number of aromatic nitrogens is 2. The molecule has 2 rings (SSSR count). The maximum atomic E-state index is 12.0. The maximum absolute atomic E-state index is 12.0. The van der Waals surface area contributed by atoms with Gasteiger partial charge in [-0.05, 0) is 32.0 Å². The molecule has 1 heterocycles. The van der Waals surface area contributed by atoms with Crippen LogP contribution in [-0.4, -0.2) is 22.4 Å². The minimum absolute atomic E-state index is 0.212. The van der Waals surface area contributed by atoms with E-state index in [1.807, 2.05) is 0 Å². The van der Waals surface area contributed by atoms with Crippen LogP contribution in [-0.2, 0) is 0 Å². The molecule has 0 fully saturated rings. The van der Waals surface area contributed by atoms with E-state index in [2.05, 4.69) is 21.4 Å². The molecule has 0 radical (unpaired) electrons. The first-order valence-corrected chi connectivity index (χ1v) is 5.92. The molecular formula is C14H14N4O. The van der Waals surface area contributed by atoms with Crippen molar-refractivity contribution in [3.63, 3.8) is 0 Å². The molecule has 1 amide bonds. The summed E-state index contributed by atoms with van der Waals surface area (Å²) >= 11 is 0. The van der Waals surface area contributed by atoms with Gasteiger partial charge in [-0.15, -0.1) is 0 Å². The highest BCUT2D eigenvalue weighted by atomic mass is 16.1. The van der Waals surface area contributed by atoms with Gasteiger partial charge < -0.3 is 5.32 Å². The lowest BCUT2D eigenvalue weighted by Gasteiger charge is -2.15. The average Bonchev–Trinajstić information content (AvgIpc) is 2.44. The highest BCUT2D eigenvalue weighted by Crippen LogP contribution is 2.13. The molecule has 2 aromatic rings. The van der Waals surface area contributed by atoms with Crippen LogP contribution in [0.5, 0.6) is 0 Å². The number of fused-ring (bicyclic) bond motifs is 1. The Morgan fingerprint density at radius 3 is 2.68 bits per heavy atom. The van der Waals surface area contributed by atoms with Gasteiger partial charge in [0.05, 0.1) is 22.5 Å². The van der Waals surface area contributed by atoms with E-state index >= 15 is 0 Å². The predicted octanol–water partition coefficient (Wildman–Crippen LogP) is 1.91. The molecule has 0 unspecified atom stereocenters. The van der Waals surface area contributed by atoms with Crippen LogP contribution < -0.4 is 5.32 Å². The summed E-state index contributed by atoms with van der Waals surface area (Å²) in [6.45, 7) is 3.86. The molecule has 19 heavy (non-hydrogen) atoms. The summed E-state index contributed by atoms with van der Waals surface area (Å²) in [5, 5.41) is 11.6. The summed E-state index contributed by atoms with van der Waals surface area (Å²) in [6, 6.07) is 7.29. The standard InChI is InChI=1S/C14H14N4O/c1-14(2,8-15)9-18-13(19)10-3-4-11-12(7-10)17-6-5-16-11/h3-7H,9H2,1-2H3,(H,18,19). The van der Waals surface area contributed by atoms with Crippen molar-refractivity contribution in [1.29, 1.82) is 5.26 Å². The number of carbonyl (C=O) groups excluding carboxylic acids is 1. The minimum atomic E-state index is -0.577. The summed E-state index contributed by atoms with van der Waals surface area (Å²) < 4.78 is 0. The normalized spacial score (nSPS) is 11.0. The number of hydrogen-bond donors (Lipinski definition) is 1. The Morgan fingerprint density at radius 2 is 2.00 bits per heavy atom. The van der Waals surface area contributed by atoms with Crippen molar-refractivity contribution in [2.24, 2.45) is 5.41 Å². The molecule has 0 aliphatic rings. The number of amides is 1. The van der Waals surface area contributed by atoms with Crippen molar-refractivity contribution in [3.05, 3.63) is 36.2 Å². The van der Waals surface area contributed by atoms with E-state index in [0.29, 0.717) is 17.6 Å². The zero-order valence-corrected chi connectivity index (χ0v) is 10.8. The van der Waals surface area contributed by atoms with Crippen molar-refractivity contribution < 1.29 is 4.79 Å². The first-order valence-electron chi connectivity index (χ1n) is 5.92. The van der Waals surface area contributed by atoms with E-state index in [9.17, 15) is 4.79 Å². The Labute approximate surface area is 111 Å². The Hall–Kier alpha value is -2.48. The number of nitrogens with zero attached hydrogens (tertiary/aromatic N) is 3. The molecular weight excluding hydrogens is 240 g/mol. The minimum Gasteiger partial charge on any atom is -0.350 e. The quantitative estimate of drug-likeness (QED) is 0.907. The third-order valence-corrected chi connectivity index (χ3v) is 2.73. The summed E-state index contributed by atoms with van der Waals surface area (Å²) in [5.41, 5.74) is 1.36. The van der Waals surface area contributed by atoms with E-state index in [1.54, 1.807) is 44.4 Å². The first-order chi connectivity index (χ1) is 9.02. The Morgan fingerprint density at radius 1 is 1.32 bits per heavy atom. The van der Waals surface area contributed by atoms with E-state index in [4.69, 9.17) is 5.26 Å². The number of nitriles is 1. The molecule has 5 heteroatoms. The zero-order chi connectivity index (χ0) is 13.9. The predicted molar refractivity (Wildman–Crippen MR) is 71.3 cm³/mol. The van der Waals surface area contributed by atoms with Crippen molar-refractivity contribution in [1.82, 2.24) is 15.3 Å². The number of hydrogen-bond acceptors (Lipinski definition) is 4. The molecule has 0 saturated heterocycles. The summed E-state index contributed by atoms with van der Waals surface area (Å²) in [7, 11) is 0. The van der Waals surface area contributed by atoms with Crippen LogP contribution in [0.1, 0.15) is 24.2 Å². The van der Waals surface area contributed by atoms with Gasteiger partial charge in [0.15, 0.2) is 0 Å². The molecule has 1 N–H and O–H groups in total. The van der Waals surface area contributed by atoms with Crippen LogP contribution in [0.15, 0.2) is 30.6 Å². The van der Waals surface area contributed by atoms with Crippen molar-refractivity contribution >= 4 is 16.9 Å². The van der Waals surface area contributed by atoms with Gasteiger partial charge >= 0.3 is 0 Å². The third kappa shape index (κ3) is 3.05. The second kappa shape index (κ2) is 5.02. The van der Waals surface area contributed by atoms with E-state index in [-0.39, 0.29) is 5.91 Å². The van der Waals surface area contributed by atoms with Gasteiger partial charge in [0.1, 0.15) is 0 Å². The number of nitrogens with one attached hydrogen (secondary N) is 1. The topological polar surface area (TPSA) is 78.7 Å². The van der Waals surface area contributed by atoms with E-state index in [0.717, 1.165) is 5.52 Å². The first kappa shape index (κ1) is 13.0. The van der Waals surface area contributed by atoms with Crippen LogP contribution in [0, 0.1) is 16.7 Å². The van der Waals surface area contributed by atoms with E-state index in [1.165, 1.54) is 0 Å². The largest absolute Gasteiger partial charge is 0.350 e. The lowest BCUT2D eigenvalue weighted by molar-refractivity contribution is 0.0944. The van der Waals surface area contributed by atoms with Gasteiger partial charge in [0.2, 0.25) is 0 Å². The second-order valence-corrected chi connectivity index (χ2v) is 4.94. The fourth-order valence-corrected chi connectivity index (χ4v) is 1.55. The van der Waals surface area contributed by atoms with Gasteiger partial charge in [-0.2, -0.15) is 5.26 Å². The van der Waals surface area contributed by atoms with Crippen LogP contribution in [0.3, 0.4) is 0 Å². The lowest BCUT2D eigenvalue weighted by atomic mass is 9.96. The fourth-order valence-electron chi connectivity index (χ4n) is 1.55. The van der Waals surface area contributed by atoms with Crippen molar-refractivity contribution in [2.45, 2.75) is 13.8 Å². The molecule has 0 spiro atoms. The highest BCUT2D eigenvalue weighted by molar-refractivity contribution is 5.97. The van der Waals surface area contributed by atoms with Gasteiger partial charge in [0, 0.05) is 24.5 Å². The zero-order valence-electron chi connectivity index (χ0n) is 10.8. The van der Waals surface area contributed by atoms with Crippen LogP contribution >= 0.6 is 0 Å². The smallest absolute Gasteiger partial charge is 0.251 e. The average molecular weight is 254 g/mol. The lowest BCUT2D eigenvalue weighted by Crippen LogP contribution is -2.33. The molecule has 0 bridgehead atoms. The summed E-state index contributed by atoms with van der Waals surface area (Å²) in [5.74, 6) is -0.212.